The molecule has 1 atom stereocenters. The fourth-order valence-corrected chi connectivity index (χ4v) is 8.69. The first kappa shape index (κ1) is 39.8. The summed E-state index contributed by atoms with van der Waals surface area (Å²) >= 11 is 14.5. The molecule has 3 aliphatic rings. The Morgan fingerprint density at radius 3 is 2.41 bits per heavy atom. The van der Waals surface area contributed by atoms with Gasteiger partial charge in [0, 0.05) is 42.3 Å². The van der Waals surface area contributed by atoms with Gasteiger partial charge in [0.2, 0.25) is 10.0 Å². The van der Waals surface area contributed by atoms with Crippen molar-refractivity contribution in [3.8, 4) is 11.5 Å². The van der Waals surface area contributed by atoms with Crippen molar-refractivity contribution in [3.05, 3.63) is 86.3 Å². The molecule has 290 valence electrons. The van der Waals surface area contributed by atoms with Crippen molar-refractivity contribution in [2.24, 2.45) is 5.92 Å². The van der Waals surface area contributed by atoms with Crippen LogP contribution < -0.4 is 18.9 Å². The quantitative estimate of drug-likeness (QED) is 0.0813. The van der Waals surface area contributed by atoms with E-state index in [1.54, 1.807) is 0 Å². The second kappa shape index (κ2) is 17.3. The number of sulfonamides is 1. The molecule has 0 radical (unpaired) electrons. The molecule has 0 bridgehead atoms. The number of benzene rings is 2. The van der Waals surface area contributed by atoms with Crippen molar-refractivity contribution in [3.63, 3.8) is 0 Å². The van der Waals surface area contributed by atoms with Gasteiger partial charge in [-0.05, 0) is 67.6 Å². The highest BCUT2D eigenvalue weighted by molar-refractivity contribution is 7.99. The standard InChI is InChI=1S/C35H36Cl2F2N4O9S2/c36-27-17-42(47)18-28(37)26(27)16-30(22-4-7-29(52-35(38)39)31(14-22)50-20-21-2-3-21)51-32(44)19-43-33(45)24-6-5-23(15-25(24)34(43)46)40-54(48,49)13-1-8-41-9-11-53-12-10-41/h4-7,14-15,17-18,21,30,35,40H,1-3,8-13,16,19-20H2/t30-/m0/s1. The van der Waals surface area contributed by atoms with Gasteiger partial charge in [-0.25, -0.2) is 8.42 Å². The number of halogens is 4. The number of hydrogen-bond acceptors (Lipinski definition) is 11. The van der Waals surface area contributed by atoms with Gasteiger partial charge in [-0.1, -0.05) is 29.3 Å². The summed E-state index contributed by atoms with van der Waals surface area (Å²) in [5.41, 5.74) is 0.421. The maximum absolute atomic E-state index is 13.5. The zero-order valence-corrected chi connectivity index (χ0v) is 31.8. The average molecular weight is 830 g/mol. The van der Waals surface area contributed by atoms with E-state index < -0.39 is 47.1 Å². The van der Waals surface area contributed by atoms with E-state index in [4.69, 9.17) is 32.7 Å². The molecule has 1 aliphatic carbocycles. The molecule has 1 saturated heterocycles. The van der Waals surface area contributed by atoms with E-state index in [0.717, 1.165) is 49.8 Å². The number of amides is 2. The smallest absolute Gasteiger partial charge is 0.387 e. The first-order chi connectivity index (χ1) is 25.8. The molecule has 2 amide bonds. The van der Waals surface area contributed by atoms with Crippen LogP contribution in [0.25, 0.3) is 0 Å². The molecule has 2 aliphatic heterocycles. The van der Waals surface area contributed by atoms with Gasteiger partial charge in [0.25, 0.3) is 11.8 Å². The van der Waals surface area contributed by atoms with Crippen molar-refractivity contribution < 1.29 is 50.5 Å². The number of aromatic nitrogens is 1. The highest BCUT2D eigenvalue weighted by Gasteiger charge is 2.38. The topological polar surface area (TPSA) is 158 Å². The van der Waals surface area contributed by atoms with Gasteiger partial charge in [-0.15, -0.1) is 0 Å². The number of fused-ring (bicyclic) bond motifs is 1. The van der Waals surface area contributed by atoms with E-state index in [1.165, 1.54) is 36.4 Å². The van der Waals surface area contributed by atoms with Crippen LogP contribution in [0.2, 0.25) is 10.0 Å². The lowest BCUT2D eigenvalue weighted by Gasteiger charge is -2.25. The minimum absolute atomic E-state index is 0.0311. The molecule has 1 saturated carbocycles. The Balaban J connectivity index is 1.17. The first-order valence-corrected chi connectivity index (χ1v) is 20.6. The number of esters is 1. The van der Waals surface area contributed by atoms with E-state index >= 15 is 0 Å². The molecule has 54 heavy (non-hydrogen) atoms. The monoisotopic (exact) mass is 828 g/mol. The third-order valence-electron chi connectivity index (χ3n) is 8.97. The van der Waals surface area contributed by atoms with Crippen molar-refractivity contribution in [2.75, 3.05) is 54.8 Å². The van der Waals surface area contributed by atoms with E-state index in [-0.39, 0.29) is 74.2 Å². The molecule has 2 fully saturated rings. The van der Waals surface area contributed by atoms with Crippen LogP contribution in [0.1, 0.15) is 57.2 Å². The zero-order chi connectivity index (χ0) is 38.6. The van der Waals surface area contributed by atoms with Crippen molar-refractivity contribution >= 4 is 68.5 Å². The minimum atomic E-state index is -3.76. The summed E-state index contributed by atoms with van der Waals surface area (Å²) in [4.78, 5) is 43.1. The van der Waals surface area contributed by atoms with Crippen LogP contribution in [-0.2, 0) is 26.0 Å². The molecule has 6 rings (SSSR count). The van der Waals surface area contributed by atoms with Gasteiger partial charge in [-0.2, -0.15) is 25.3 Å². The summed E-state index contributed by atoms with van der Waals surface area (Å²) in [5, 5.41) is 11.8. The number of anilines is 1. The number of alkyl halides is 2. The molecule has 19 heteroatoms. The van der Waals surface area contributed by atoms with Crippen molar-refractivity contribution in [2.45, 2.75) is 38.4 Å². The van der Waals surface area contributed by atoms with Crippen LogP contribution in [0, 0.1) is 11.1 Å². The SMILES string of the molecule is O=C(CN1C(=O)c2ccc(NS(=O)(=O)CCCN3CCSCC3)cc2C1=O)O[C@@H](Cc1c(Cl)c[n+]([O-])cc1Cl)c1ccc(OC(F)F)c(OCC2CC2)c1. The number of rotatable bonds is 17. The summed E-state index contributed by atoms with van der Waals surface area (Å²) in [6.07, 6.45) is 2.92. The third-order valence-corrected chi connectivity index (χ3v) is 11.9. The summed E-state index contributed by atoms with van der Waals surface area (Å²) < 4.78 is 71.1. The number of ether oxygens (including phenoxy) is 3. The highest BCUT2D eigenvalue weighted by atomic mass is 35.5. The number of nitrogens with one attached hydrogen (secondary N) is 1. The molecule has 3 heterocycles. The Bertz CT molecular complexity index is 1990. The molecule has 13 nitrogen and oxygen atoms in total. The summed E-state index contributed by atoms with van der Waals surface area (Å²) in [5.74, 6) is -0.800. The second-order valence-electron chi connectivity index (χ2n) is 13.0. The Morgan fingerprint density at radius 1 is 1.02 bits per heavy atom. The maximum Gasteiger partial charge on any atom is 0.387 e. The fourth-order valence-electron chi connectivity index (χ4n) is 6.02. The first-order valence-electron chi connectivity index (χ1n) is 17.0. The van der Waals surface area contributed by atoms with E-state index in [2.05, 4.69) is 14.4 Å². The van der Waals surface area contributed by atoms with Crippen LogP contribution in [0.15, 0.2) is 48.8 Å². The minimum Gasteiger partial charge on any atom is -0.619 e. The summed E-state index contributed by atoms with van der Waals surface area (Å²) in [7, 11) is -3.76. The highest BCUT2D eigenvalue weighted by Crippen LogP contribution is 2.38. The van der Waals surface area contributed by atoms with Gasteiger partial charge in [0.1, 0.15) is 22.7 Å². The predicted octanol–water partition coefficient (Wildman–Crippen LogP) is 5.32. The van der Waals surface area contributed by atoms with Crippen LogP contribution in [0.4, 0.5) is 14.5 Å². The molecular formula is C35H36Cl2F2N4O9S2. The Labute approximate surface area is 324 Å². The lowest BCUT2D eigenvalue weighted by atomic mass is 10.0. The van der Waals surface area contributed by atoms with Gasteiger partial charge in [0.15, 0.2) is 23.9 Å². The van der Waals surface area contributed by atoms with E-state index in [1.807, 2.05) is 11.8 Å². The number of imide groups is 1. The largest absolute Gasteiger partial charge is 0.619 e. The lowest BCUT2D eigenvalue weighted by Crippen LogP contribution is -2.36. The van der Waals surface area contributed by atoms with Crippen LogP contribution in [0.5, 0.6) is 11.5 Å². The zero-order valence-electron chi connectivity index (χ0n) is 28.7. The Morgan fingerprint density at radius 2 is 1.72 bits per heavy atom. The molecule has 1 N–H and O–H groups in total. The number of nitrogens with zero attached hydrogens (tertiary/aromatic N) is 3. The van der Waals surface area contributed by atoms with Crippen molar-refractivity contribution in [1.82, 2.24) is 9.80 Å². The lowest BCUT2D eigenvalue weighted by molar-refractivity contribution is -0.605. The second-order valence-corrected chi connectivity index (χ2v) is 16.9. The predicted molar refractivity (Wildman–Crippen MR) is 197 cm³/mol. The molecular weight excluding hydrogens is 793 g/mol. The van der Waals surface area contributed by atoms with Crippen LogP contribution >= 0.6 is 35.0 Å². The molecule has 2 aromatic carbocycles. The molecule has 1 aromatic heterocycles. The molecule has 3 aromatic rings. The average Bonchev–Trinajstić information content (AvgIpc) is 3.92. The Hall–Kier alpha value is -3.90. The number of carbonyl (C=O) groups excluding carboxylic acids is 3. The Kier molecular flexibility index (Phi) is 12.7. The fraction of sp³-hybridized carbons (Fsp3) is 0.429. The van der Waals surface area contributed by atoms with Gasteiger partial charge in [-0.3, -0.25) is 24.0 Å². The number of thioether (sulfide) groups is 1. The number of pyridine rings is 1. The van der Waals surface area contributed by atoms with Gasteiger partial charge < -0.3 is 24.3 Å². The third kappa shape index (κ3) is 10.2. The van der Waals surface area contributed by atoms with Crippen LogP contribution in [-0.4, -0.2) is 92.7 Å². The molecule has 0 unspecified atom stereocenters. The van der Waals surface area contributed by atoms with Crippen LogP contribution in [0.3, 0.4) is 0 Å². The van der Waals surface area contributed by atoms with E-state index in [9.17, 15) is 36.8 Å². The van der Waals surface area contributed by atoms with Gasteiger partial charge in [0.05, 0.1) is 23.5 Å². The normalized spacial score (nSPS) is 16.7. The summed E-state index contributed by atoms with van der Waals surface area (Å²) in [6.45, 7) is -1.27. The molecule has 0 spiro atoms. The van der Waals surface area contributed by atoms with Crippen molar-refractivity contribution in [1.29, 1.82) is 0 Å². The summed E-state index contributed by atoms with van der Waals surface area (Å²) in [6, 6.07) is 7.89. The number of carbonyl (C=O) groups is 3. The maximum atomic E-state index is 13.5. The van der Waals surface area contributed by atoms with E-state index in [0.29, 0.717) is 22.6 Å². The van der Waals surface area contributed by atoms with Gasteiger partial charge >= 0.3 is 12.6 Å². The number of hydrogen-bond donors (Lipinski definition) is 1.